The number of methoxy groups -OCH3 is 1. The fraction of sp³-hybridized carbons (Fsp3) is 0.348. The molecule has 0 radical (unpaired) electrons. The summed E-state index contributed by atoms with van der Waals surface area (Å²) in [4.78, 5) is 42.3. The fourth-order valence-corrected chi connectivity index (χ4v) is 4.33. The van der Waals surface area contributed by atoms with Crippen LogP contribution in [0.5, 0.6) is 5.75 Å². The van der Waals surface area contributed by atoms with Crippen LogP contribution in [0.2, 0.25) is 0 Å². The molecule has 2 aromatic carbocycles. The normalized spacial score (nSPS) is 19.6. The predicted octanol–water partition coefficient (Wildman–Crippen LogP) is 3.41. The third-order valence-corrected chi connectivity index (χ3v) is 5.74. The van der Waals surface area contributed by atoms with Gasteiger partial charge in [-0.05, 0) is 43.2 Å². The molecule has 0 N–H and O–H groups in total. The van der Waals surface area contributed by atoms with E-state index in [1.165, 1.54) is 4.90 Å². The highest BCUT2D eigenvalue weighted by atomic mass is 16.5. The van der Waals surface area contributed by atoms with Crippen molar-refractivity contribution < 1.29 is 19.1 Å². The van der Waals surface area contributed by atoms with Gasteiger partial charge in [-0.1, -0.05) is 37.1 Å². The Kier molecular flexibility index (Phi) is 5.34. The summed E-state index contributed by atoms with van der Waals surface area (Å²) in [5, 5.41) is 0. The Bertz CT molecular complexity index is 921. The molecule has 4 rings (SSSR count). The third-order valence-electron chi connectivity index (χ3n) is 5.74. The molecule has 2 fully saturated rings. The van der Waals surface area contributed by atoms with E-state index in [9.17, 15) is 14.4 Å². The van der Waals surface area contributed by atoms with E-state index in [1.807, 2.05) is 6.07 Å². The van der Waals surface area contributed by atoms with E-state index in [0.29, 0.717) is 17.0 Å². The van der Waals surface area contributed by atoms with E-state index in [4.69, 9.17) is 4.74 Å². The average molecular weight is 392 g/mol. The van der Waals surface area contributed by atoms with Crippen LogP contribution < -0.4 is 9.64 Å². The molecule has 2 aliphatic rings. The van der Waals surface area contributed by atoms with Crippen molar-refractivity contribution in [3.63, 3.8) is 0 Å². The van der Waals surface area contributed by atoms with Gasteiger partial charge >= 0.3 is 0 Å². The van der Waals surface area contributed by atoms with Crippen molar-refractivity contribution in [2.75, 3.05) is 12.0 Å². The fourth-order valence-electron chi connectivity index (χ4n) is 4.33. The van der Waals surface area contributed by atoms with Crippen LogP contribution in [0.1, 0.15) is 42.5 Å². The first-order valence-corrected chi connectivity index (χ1v) is 9.98. The van der Waals surface area contributed by atoms with E-state index in [-0.39, 0.29) is 30.2 Å². The molecule has 1 aliphatic carbocycles. The number of nitrogens with zero attached hydrogens (tertiary/aromatic N) is 2. The number of ether oxygens (including phenoxy) is 1. The second-order valence-electron chi connectivity index (χ2n) is 7.51. The van der Waals surface area contributed by atoms with Gasteiger partial charge in [0.1, 0.15) is 11.8 Å². The molecule has 29 heavy (non-hydrogen) atoms. The SMILES string of the molecule is COc1cccc(C(=O)N(C2CCCC2)C2CC(=O)N(c3ccccc3)C2=O)c1. The molecule has 0 spiro atoms. The number of benzene rings is 2. The van der Waals surface area contributed by atoms with Gasteiger partial charge in [-0.15, -0.1) is 0 Å². The first kappa shape index (κ1) is 19.2. The third kappa shape index (κ3) is 3.62. The van der Waals surface area contributed by atoms with E-state index >= 15 is 0 Å². The number of carbonyl (C=O) groups excluding carboxylic acids is 3. The van der Waals surface area contributed by atoms with Crippen molar-refractivity contribution >= 4 is 23.4 Å². The minimum Gasteiger partial charge on any atom is -0.497 e. The van der Waals surface area contributed by atoms with E-state index in [2.05, 4.69) is 0 Å². The molecule has 150 valence electrons. The summed E-state index contributed by atoms with van der Waals surface area (Å²) < 4.78 is 5.25. The number of imide groups is 1. The number of anilines is 1. The standard InChI is InChI=1S/C23H24N2O4/c1-29-19-13-7-8-16(14-19)22(27)24(17-11-5-6-12-17)20-15-21(26)25(23(20)28)18-9-3-2-4-10-18/h2-4,7-10,13-14,17,20H,5-6,11-12,15H2,1H3. The molecule has 1 heterocycles. The van der Waals surface area contributed by atoms with E-state index in [0.717, 1.165) is 25.7 Å². The predicted molar refractivity (Wildman–Crippen MR) is 109 cm³/mol. The summed E-state index contributed by atoms with van der Waals surface area (Å²) in [5.41, 5.74) is 1.01. The monoisotopic (exact) mass is 392 g/mol. The summed E-state index contributed by atoms with van der Waals surface area (Å²) in [6.07, 6.45) is 3.74. The lowest BCUT2D eigenvalue weighted by Crippen LogP contribution is -2.50. The Morgan fingerprint density at radius 2 is 1.76 bits per heavy atom. The van der Waals surface area contributed by atoms with Crippen LogP contribution >= 0.6 is 0 Å². The smallest absolute Gasteiger partial charge is 0.257 e. The molecule has 0 bridgehead atoms. The Morgan fingerprint density at radius 3 is 2.45 bits per heavy atom. The summed E-state index contributed by atoms with van der Waals surface area (Å²) in [7, 11) is 1.55. The minimum atomic E-state index is -0.774. The second-order valence-corrected chi connectivity index (χ2v) is 7.51. The van der Waals surface area contributed by atoms with Gasteiger partial charge in [-0.3, -0.25) is 14.4 Å². The largest absolute Gasteiger partial charge is 0.497 e. The molecule has 1 saturated heterocycles. The summed E-state index contributed by atoms with van der Waals surface area (Å²) in [5.74, 6) is -0.240. The van der Waals surface area contributed by atoms with Crippen molar-refractivity contribution in [3.8, 4) is 5.75 Å². The molecule has 1 unspecified atom stereocenters. The zero-order valence-electron chi connectivity index (χ0n) is 16.4. The van der Waals surface area contributed by atoms with Crippen LogP contribution in [0.3, 0.4) is 0 Å². The average Bonchev–Trinajstić information content (AvgIpc) is 3.37. The molecule has 1 aliphatic heterocycles. The lowest BCUT2D eigenvalue weighted by molar-refractivity contribution is -0.123. The first-order chi connectivity index (χ1) is 14.1. The molecule has 6 nitrogen and oxygen atoms in total. The number of carbonyl (C=O) groups is 3. The number of amides is 3. The lowest BCUT2D eigenvalue weighted by Gasteiger charge is -2.33. The second kappa shape index (κ2) is 8.07. The first-order valence-electron chi connectivity index (χ1n) is 9.98. The number of para-hydroxylation sites is 1. The molecular weight excluding hydrogens is 368 g/mol. The van der Waals surface area contributed by atoms with Crippen LogP contribution in [-0.2, 0) is 9.59 Å². The molecule has 1 atom stereocenters. The van der Waals surface area contributed by atoms with E-state index < -0.39 is 6.04 Å². The van der Waals surface area contributed by atoms with Crippen LogP contribution in [-0.4, -0.2) is 41.8 Å². The minimum absolute atomic E-state index is 0.0138. The van der Waals surface area contributed by atoms with Crippen LogP contribution in [0, 0.1) is 0 Å². The van der Waals surface area contributed by atoms with Crippen molar-refractivity contribution in [2.45, 2.75) is 44.2 Å². The van der Waals surface area contributed by atoms with Gasteiger partial charge in [0, 0.05) is 11.6 Å². The number of hydrogen-bond donors (Lipinski definition) is 0. The summed E-state index contributed by atoms with van der Waals surface area (Å²) in [6, 6.07) is 15.0. The summed E-state index contributed by atoms with van der Waals surface area (Å²) >= 11 is 0. The van der Waals surface area contributed by atoms with E-state index in [1.54, 1.807) is 60.5 Å². The van der Waals surface area contributed by atoms with Crippen molar-refractivity contribution in [1.82, 2.24) is 4.90 Å². The van der Waals surface area contributed by atoms with Crippen molar-refractivity contribution in [1.29, 1.82) is 0 Å². The van der Waals surface area contributed by atoms with Crippen LogP contribution in [0.15, 0.2) is 54.6 Å². The highest BCUT2D eigenvalue weighted by molar-refractivity contribution is 6.23. The highest BCUT2D eigenvalue weighted by Gasteiger charge is 2.47. The van der Waals surface area contributed by atoms with Gasteiger partial charge in [0.2, 0.25) is 5.91 Å². The molecule has 1 saturated carbocycles. The van der Waals surface area contributed by atoms with Crippen molar-refractivity contribution in [3.05, 3.63) is 60.2 Å². The van der Waals surface area contributed by atoms with Crippen LogP contribution in [0.25, 0.3) is 0 Å². The van der Waals surface area contributed by atoms with Gasteiger partial charge in [0.25, 0.3) is 11.8 Å². The number of hydrogen-bond acceptors (Lipinski definition) is 4. The van der Waals surface area contributed by atoms with Gasteiger partial charge in [0.05, 0.1) is 19.2 Å². The maximum absolute atomic E-state index is 13.5. The zero-order valence-corrected chi connectivity index (χ0v) is 16.4. The molecule has 2 aromatic rings. The van der Waals surface area contributed by atoms with Crippen molar-refractivity contribution in [2.24, 2.45) is 0 Å². The quantitative estimate of drug-likeness (QED) is 0.732. The Balaban J connectivity index is 1.68. The maximum Gasteiger partial charge on any atom is 0.257 e. The molecule has 3 amide bonds. The van der Waals surface area contributed by atoms with Gasteiger partial charge in [-0.2, -0.15) is 0 Å². The van der Waals surface area contributed by atoms with Gasteiger partial charge in [0.15, 0.2) is 0 Å². The molecule has 6 heteroatoms. The Morgan fingerprint density at radius 1 is 1.03 bits per heavy atom. The van der Waals surface area contributed by atoms with Crippen LogP contribution in [0.4, 0.5) is 5.69 Å². The molecular formula is C23H24N2O4. The molecule has 0 aromatic heterocycles. The Labute approximate surface area is 170 Å². The highest BCUT2D eigenvalue weighted by Crippen LogP contribution is 2.33. The maximum atomic E-state index is 13.5. The van der Waals surface area contributed by atoms with Gasteiger partial charge in [-0.25, -0.2) is 4.90 Å². The summed E-state index contributed by atoms with van der Waals surface area (Å²) in [6.45, 7) is 0. The number of rotatable bonds is 5. The van der Waals surface area contributed by atoms with Gasteiger partial charge < -0.3 is 9.64 Å². The Hall–Kier alpha value is -3.15. The topological polar surface area (TPSA) is 66.9 Å². The zero-order chi connectivity index (χ0) is 20.4. The lowest BCUT2D eigenvalue weighted by atomic mass is 10.1.